The molecule has 0 aromatic heterocycles. The van der Waals surface area contributed by atoms with E-state index in [1.807, 2.05) is 0 Å². The van der Waals surface area contributed by atoms with Crippen LogP contribution in [-0.2, 0) is 0 Å². The molecule has 0 aromatic rings. The van der Waals surface area contributed by atoms with Crippen LogP contribution in [0.25, 0.3) is 0 Å². The molecule has 21 heavy (non-hydrogen) atoms. The van der Waals surface area contributed by atoms with Gasteiger partial charge in [0.15, 0.2) is 0 Å². The van der Waals surface area contributed by atoms with Crippen LogP contribution in [-0.4, -0.2) is 11.7 Å². The molecule has 2 fully saturated rings. The van der Waals surface area contributed by atoms with Crippen LogP contribution in [0.15, 0.2) is 0 Å². The molecule has 2 rings (SSSR count). The van der Waals surface area contributed by atoms with Gasteiger partial charge in [-0.1, -0.05) is 71.1 Å². The lowest BCUT2D eigenvalue weighted by Crippen LogP contribution is -1.90. The zero-order valence-electron chi connectivity index (χ0n) is 14.4. The van der Waals surface area contributed by atoms with Crippen molar-refractivity contribution in [1.82, 2.24) is 0 Å². The third-order valence-corrected chi connectivity index (χ3v) is 5.91. The van der Waals surface area contributed by atoms with Crippen LogP contribution < -0.4 is 0 Å². The summed E-state index contributed by atoms with van der Waals surface area (Å²) in [6.45, 7) is 2.69. The minimum Gasteiger partial charge on any atom is -0.396 e. The van der Waals surface area contributed by atoms with Gasteiger partial charge in [0.05, 0.1) is 0 Å². The summed E-state index contributed by atoms with van der Waals surface area (Å²) in [5, 5.41) is 8.74. The zero-order chi connectivity index (χ0) is 14.9. The highest BCUT2D eigenvalue weighted by molar-refractivity contribution is 4.94. The molecule has 0 amide bonds. The highest BCUT2D eigenvalue weighted by atomic mass is 16.2. The standard InChI is InChI=1S/C20H38O/c1-2-3-8-11-17-14-19(17)16-20-15-18(20)12-9-6-4-5-7-10-13-21/h17-21H,2-16H2,1H3/t17-,18-,19-,20+/m0/s1. The highest BCUT2D eigenvalue weighted by Gasteiger charge is 2.44. The summed E-state index contributed by atoms with van der Waals surface area (Å²) in [6, 6.07) is 0. The maximum atomic E-state index is 8.74. The molecule has 0 heterocycles. The van der Waals surface area contributed by atoms with E-state index in [9.17, 15) is 0 Å². The van der Waals surface area contributed by atoms with Gasteiger partial charge in [0.2, 0.25) is 0 Å². The second-order valence-electron chi connectivity index (χ2n) is 7.88. The Kier molecular flexibility index (Phi) is 8.14. The fourth-order valence-electron chi connectivity index (χ4n) is 4.18. The molecule has 1 N–H and O–H groups in total. The Morgan fingerprint density at radius 3 is 1.76 bits per heavy atom. The molecule has 1 nitrogen and oxygen atoms in total. The molecule has 2 aliphatic rings. The molecule has 0 aromatic carbocycles. The van der Waals surface area contributed by atoms with E-state index in [1.54, 1.807) is 19.3 Å². The van der Waals surface area contributed by atoms with E-state index >= 15 is 0 Å². The van der Waals surface area contributed by atoms with Crippen molar-refractivity contribution >= 4 is 0 Å². The minimum absolute atomic E-state index is 0.379. The molecule has 124 valence electrons. The second kappa shape index (κ2) is 9.87. The van der Waals surface area contributed by atoms with Crippen molar-refractivity contribution in [1.29, 1.82) is 0 Å². The smallest absolute Gasteiger partial charge is 0.0431 e. The molecule has 0 unspecified atom stereocenters. The van der Waals surface area contributed by atoms with E-state index < -0.39 is 0 Å². The summed E-state index contributed by atoms with van der Waals surface area (Å²) in [5.41, 5.74) is 0. The average molecular weight is 295 g/mol. The first-order valence-corrected chi connectivity index (χ1v) is 9.96. The highest BCUT2D eigenvalue weighted by Crippen LogP contribution is 2.54. The van der Waals surface area contributed by atoms with Gasteiger partial charge < -0.3 is 5.11 Å². The quantitative estimate of drug-likeness (QED) is 0.392. The molecule has 0 saturated heterocycles. The fourth-order valence-corrected chi connectivity index (χ4v) is 4.18. The predicted octanol–water partition coefficient (Wildman–Crippen LogP) is 5.95. The second-order valence-corrected chi connectivity index (χ2v) is 7.88. The lowest BCUT2D eigenvalue weighted by atomic mass is 10.0. The van der Waals surface area contributed by atoms with Crippen molar-refractivity contribution in [3.8, 4) is 0 Å². The van der Waals surface area contributed by atoms with Gasteiger partial charge in [0, 0.05) is 6.61 Å². The third kappa shape index (κ3) is 7.17. The molecule has 2 aliphatic carbocycles. The van der Waals surface area contributed by atoms with Crippen molar-refractivity contribution < 1.29 is 5.11 Å². The maximum Gasteiger partial charge on any atom is 0.0431 e. The molecule has 0 spiro atoms. The van der Waals surface area contributed by atoms with Gasteiger partial charge >= 0.3 is 0 Å². The van der Waals surface area contributed by atoms with Crippen LogP contribution in [0, 0.1) is 23.7 Å². The number of rotatable bonds is 14. The van der Waals surface area contributed by atoms with Crippen LogP contribution in [0.2, 0.25) is 0 Å². The summed E-state index contributed by atoms with van der Waals surface area (Å²) >= 11 is 0. The first-order valence-electron chi connectivity index (χ1n) is 9.96. The average Bonchev–Trinajstić information content (AvgIpc) is 3.39. The van der Waals surface area contributed by atoms with E-state index in [4.69, 9.17) is 5.11 Å². The Labute approximate surface area is 132 Å². The Morgan fingerprint density at radius 1 is 0.667 bits per heavy atom. The number of hydrogen-bond donors (Lipinski definition) is 1. The van der Waals surface area contributed by atoms with Gasteiger partial charge in [-0.15, -0.1) is 0 Å². The Bertz CT molecular complexity index is 263. The summed E-state index contributed by atoms with van der Waals surface area (Å²) < 4.78 is 0. The van der Waals surface area contributed by atoms with Gasteiger partial charge in [0.25, 0.3) is 0 Å². The Morgan fingerprint density at radius 2 is 1.19 bits per heavy atom. The molecular weight excluding hydrogens is 256 g/mol. The van der Waals surface area contributed by atoms with Crippen LogP contribution >= 0.6 is 0 Å². The number of aliphatic hydroxyl groups is 1. The lowest BCUT2D eigenvalue weighted by Gasteiger charge is -2.02. The maximum absolute atomic E-state index is 8.74. The van der Waals surface area contributed by atoms with Gasteiger partial charge in [-0.2, -0.15) is 0 Å². The molecular formula is C20H38O. The van der Waals surface area contributed by atoms with Crippen molar-refractivity contribution in [2.24, 2.45) is 23.7 Å². The normalized spacial score (nSPS) is 30.6. The minimum atomic E-state index is 0.379. The molecule has 0 radical (unpaired) electrons. The monoisotopic (exact) mass is 294 g/mol. The van der Waals surface area contributed by atoms with Gasteiger partial charge in [0.1, 0.15) is 0 Å². The summed E-state index contributed by atoms with van der Waals surface area (Å²) in [7, 11) is 0. The van der Waals surface area contributed by atoms with E-state index in [1.165, 1.54) is 64.2 Å². The van der Waals surface area contributed by atoms with Crippen molar-refractivity contribution in [2.45, 2.75) is 96.8 Å². The molecule has 0 aliphatic heterocycles. The molecule has 1 heteroatoms. The van der Waals surface area contributed by atoms with Crippen molar-refractivity contribution in [3.63, 3.8) is 0 Å². The SMILES string of the molecule is CCCCC[C@H]1C[C@H]1C[C@H]1C[C@@H]1CCCCCCCCO. The van der Waals surface area contributed by atoms with E-state index in [0.29, 0.717) is 6.61 Å². The Balaban J connectivity index is 1.36. The number of unbranched alkanes of at least 4 members (excludes halogenated alkanes) is 7. The third-order valence-electron chi connectivity index (χ3n) is 5.91. The zero-order valence-corrected chi connectivity index (χ0v) is 14.4. The molecule has 4 atom stereocenters. The van der Waals surface area contributed by atoms with Crippen LogP contribution in [0.3, 0.4) is 0 Å². The van der Waals surface area contributed by atoms with Crippen LogP contribution in [0.4, 0.5) is 0 Å². The van der Waals surface area contributed by atoms with E-state index in [0.717, 1.165) is 30.1 Å². The van der Waals surface area contributed by atoms with Crippen LogP contribution in [0.5, 0.6) is 0 Å². The lowest BCUT2D eigenvalue weighted by molar-refractivity contribution is 0.282. The van der Waals surface area contributed by atoms with Gasteiger partial charge in [-0.05, 0) is 49.4 Å². The fraction of sp³-hybridized carbons (Fsp3) is 1.00. The largest absolute Gasteiger partial charge is 0.396 e. The van der Waals surface area contributed by atoms with Crippen LogP contribution in [0.1, 0.15) is 96.8 Å². The summed E-state index contributed by atoms with van der Waals surface area (Å²) in [6.07, 6.45) is 19.9. The first-order chi connectivity index (χ1) is 10.3. The van der Waals surface area contributed by atoms with E-state index in [-0.39, 0.29) is 0 Å². The predicted molar refractivity (Wildman–Crippen MR) is 91.4 cm³/mol. The number of aliphatic hydroxyl groups excluding tert-OH is 1. The molecule has 0 bridgehead atoms. The van der Waals surface area contributed by atoms with Crippen molar-refractivity contribution in [3.05, 3.63) is 0 Å². The topological polar surface area (TPSA) is 20.2 Å². The van der Waals surface area contributed by atoms with Gasteiger partial charge in [-0.3, -0.25) is 0 Å². The Hall–Kier alpha value is -0.0400. The van der Waals surface area contributed by atoms with Gasteiger partial charge in [-0.25, -0.2) is 0 Å². The molecule has 2 saturated carbocycles. The first kappa shape index (κ1) is 17.3. The van der Waals surface area contributed by atoms with E-state index in [2.05, 4.69) is 6.92 Å². The summed E-state index contributed by atoms with van der Waals surface area (Å²) in [5.74, 6) is 4.50. The number of hydrogen-bond acceptors (Lipinski definition) is 1. The van der Waals surface area contributed by atoms with Crippen molar-refractivity contribution in [2.75, 3.05) is 6.61 Å². The summed E-state index contributed by atoms with van der Waals surface area (Å²) in [4.78, 5) is 0.